The molecule has 5 rings (SSSR count). The zero-order valence-corrected chi connectivity index (χ0v) is 24.0. The molecule has 0 aliphatic carbocycles. The summed E-state index contributed by atoms with van der Waals surface area (Å²) in [4.78, 5) is 43.0. The molecule has 2 N–H and O–H groups in total. The van der Waals surface area contributed by atoms with Crippen molar-refractivity contribution in [3.8, 4) is 0 Å². The Labute approximate surface area is 249 Å². The predicted octanol–water partition coefficient (Wildman–Crippen LogP) is 5.61. The van der Waals surface area contributed by atoms with Crippen LogP contribution in [-0.2, 0) is 27.4 Å². The second-order valence-corrected chi connectivity index (χ2v) is 10.2. The van der Waals surface area contributed by atoms with E-state index in [4.69, 9.17) is 14.5 Å². The van der Waals surface area contributed by atoms with Crippen LogP contribution in [0.15, 0.2) is 97.1 Å². The van der Waals surface area contributed by atoms with Crippen LogP contribution in [0.3, 0.4) is 0 Å². The number of fused-ring (bicyclic) bond motifs is 2. The maximum atomic E-state index is 13.6. The van der Waals surface area contributed by atoms with Crippen LogP contribution in [0, 0.1) is 0 Å². The number of carbonyl (C=O) groups is 3. The fourth-order valence-electron chi connectivity index (χ4n) is 4.99. The molecule has 2 amide bonds. The number of hydrogen-bond acceptors (Lipinski definition) is 6. The van der Waals surface area contributed by atoms with Crippen molar-refractivity contribution in [3.05, 3.63) is 114 Å². The van der Waals surface area contributed by atoms with E-state index in [0.717, 1.165) is 33.1 Å². The summed E-state index contributed by atoms with van der Waals surface area (Å²) in [6, 6.07) is 30.1. The molecule has 3 aromatic carbocycles. The molecule has 9 nitrogen and oxygen atoms in total. The molecule has 220 valence electrons. The van der Waals surface area contributed by atoms with E-state index < -0.39 is 18.1 Å². The molecular weight excluding hydrogens is 544 g/mol. The monoisotopic (exact) mass is 578 g/mol. The molecule has 0 unspecified atom stereocenters. The number of alkyl carbamates (subject to hydrolysis) is 1. The van der Waals surface area contributed by atoms with E-state index in [1.165, 1.54) is 7.11 Å². The second-order valence-electron chi connectivity index (χ2n) is 10.2. The van der Waals surface area contributed by atoms with Crippen molar-refractivity contribution in [2.45, 2.75) is 38.5 Å². The molecule has 0 aliphatic heterocycles. The normalized spacial score (nSPS) is 11.7. The third-order valence-electron chi connectivity index (χ3n) is 7.21. The van der Waals surface area contributed by atoms with Crippen LogP contribution in [0.1, 0.15) is 41.0 Å². The lowest BCUT2D eigenvalue weighted by Crippen LogP contribution is -2.42. The molecule has 0 saturated carbocycles. The molecule has 0 saturated heterocycles. The number of amides is 2. The number of carbonyl (C=O) groups excluding carboxylic acids is 3. The third kappa shape index (κ3) is 7.56. The molecule has 0 radical (unpaired) electrons. The Bertz CT molecular complexity index is 1720. The van der Waals surface area contributed by atoms with Gasteiger partial charge in [-0.15, -0.1) is 0 Å². The average molecular weight is 579 g/mol. The third-order valence-corrected chi connectivity index (χ3v) is 7.21. The summed E-state index contributed by atoms with van der Waals surface area (Å²) < 4.78 is 12.1. The van der Waals surface area contributed by atoms with Gasteiger partial charge in [0.15, 0.2) is 0 Å². The summed E-state index contributed by atoms with van der Waals surface area (Å²) in [5, 5.41) is 7.55. The van der Waals surface area contributed by atoms with Crippen LogP contribution in [-0.4, -0.2) is 47.2 Å². The minimum atomic E-state index is -0.840. The Hall–Kier alpha value is -5.18. The van der Waals surface area contributed by atoms with Gasteiger partial charge in [-0.1, -0.05) is 72.8 Å². The van der Waals surface area contributed by atoms with E-state index in [0.29, 0.717) is 38.0 Å². The number of unbranched alkanes of at least 4 members (excludes halogenated alkanes) is 1. The zero-order chi connectivity index (χ0) is 30.0. The van der Waals surface area contributed by atoms with E-state index in [-0.39, 0.29) is 12.5 Å². The van der Waals surface area contributed by atoms with Crippen LogP contribution < -0.4 is 10.6 Å². The number of methoxy groups -OCH3 is 1. The van der Waals surface area contributed by atoms with Gasteiger partial charge >= 0.3 is 12.1 Å². The highest BCUT2D eigenvalue weighted by Crippen LogP contribution is 2.22. The number of nitrogens with one attached hydrogen (secondary N) is 2. The first kappa shape index (κ1) is 29.3. The van der Waals surface area contributed by atoms with Gasteiger partial charge in [0.25, 0.3) is 5.91 Å². The number of benzene rings is 3. The Morgan fingerprint density at radius 3 is 2.42 bits per heavy atom. The minimum Gasteiger partial charge on any atom is -0.467 e. The second kappa shape index (κ2) is 14.1. The van der Waals surface area contributed by atoms with Crippen LogP contribution in [0.2, 0.25) is 0 Å². The maximum Gasteiger partial charge on any atom is 0.407 e. The van der Waals surface area contributed by atoms with Crippen molar-refractivity contribution in [2.24, 2.45) is 0 Å². The fourth-order valence-corrected chi connectivity index (χ4v) is 4.99. The van der Waals surface area contributed by atoms with E-state index in [2.05, 4.69) is 10.6 Å². The van der Waals surface area contributed by atoms with E-state index in [1.807, 2.05) is 102 Å². The number of nitrogens with zero attached hydrogens (tertiary/aromatic N) is 2. The first-order chi connectivity index (χ1) is 21.0. The summed E-state index contributed by atoms with van der Waals surface area (Å²) in [5.74, 6) is -0.905. The summed E-state index contributed by atoms with van der Waals surface area (Å²) >= 11 is 0. The predicted molar refractivity (Wildman–Crippen MR) is 165 cm³/mol. The Kier molecular flexibility index (Phi) is 9.63. The molecule has 0 spiro atoms. The molecule has 0 fully saturated rings. The number of ether oxygens (including phenoxy) is 2. The van der Waals surface area contributed by atoms with Crippen LogP contribution in [0.5, 0.6) is 0 Å². The van der Waals surface area contributed by atoms with Gasteiger partial charge in [-0.3, -0.25) is 9.78 Å². The first-order valence-electron chi connectivity index (χ1n) is 14.3. The topological polar surface area (TPSA) is 112 Å². The largest absolute Gasteiger partial charge is 0.467 e. The summed E-state index contributed by atoms with van der Waals surface area (Å²) in [7, 11) is 1.30. The van der Waals surface area contributed by atoms with Gasteiger partial charge in [0.2, 0.25) is 0 Å². The summed E-state index contributed by atoms with van der Waals surface area (Å²) in [6.45, 7) is 0.954. The van der Waals surface area contributed by atoms with Crippen LogP contribution >= 0.6 is 0 Å². The van der Waals surface area contributed by atoms with Gasteiger partial charge in [-0.2, -0.15) is 0 Å². The number of esters is 1. The molecule has 9 heteroatoms. The van der Waals surface area contributed by atoms with Crippen molar-refractivity contribution in [2.75, 3.05) is 13.7 Å². The quantitative estimate of drug-likeness (QED) is 0.147. The number of para-hydroxylation sites is 2. The molecular formula is C34H34N4O5. The van der Waals surface area contributed by atoms with Crippen molar-refractivity contribution >= 4 is 39.8 Å². The standard InChI is InChI=1S/C34H34N4O5/c1-42-33(40)29(16-9-10-20-35-34(41)43-23-24-11-3-2-4-12-24)37-32(39)31-21-26-14-6-8-17-30(26)38(31)22-27-19-18-25-13-5-7-15-28(25)36-27/h2-8,11-15,17-19,21,29H,9-10,16,20,22-23H2,1H3,(H,35,41)(H,37,39)/t29-/m0/s1. The molecule has 2 aromatic heterocycles. The lowest BCUT2D eigenvalue weighted by molar-refractivity contribution is -0.143. The highest BCUT2D eigenvalue weighted by Gasteiger charge is 2.24. The highest BCUT2D eigenvalue weighted by molar-refractivity contribution is 6.00. The van der Waals surface area contributed by atoms with Gasteiger partial charge < -0.3 is 24.7 Å². The Morgan fingerprint density at radius 1 is 0.860 bits per heavy atom. The van der Waals surface area contributed by atoms with Gasteiger partial charge in [-0.05, 0) is 49.1 Å². The molecule has 0 aliphatic rings. The van der Waals surface area contributed by atoms with Gasteiger partial charge in [0.1, 0.15) is 18.3 Å². The summed E-state index contributed by atoms with van der Waals surface area (Å²) in [5.41, 5.74) is 3.91. The number of pyridine rings is 1. The number of hydrogen-bond donors (Lipinski definition) is 2. The van der Waals surface area contributed by atoms with Crippen molar-refractivity contribution in [1.82, 2.24) is 20.2 Å². The van der Waals surface area contributed by atoms with Crippen LogP contribution in [0.4, 0.5) is 4.79 Å². The lowest BCUT2D eigenvalue weighted by atomic mass is 10.1. The molecule has 2 heterocycles. The summed E-state index contributed by atoms with van der Waals surface area (Å²) in [6.07, 6.45) is 1.02. The smallest absolute Gasteiger partial charge is 0.407 e. The molecule has 1 atom stereocenters. The van der Waals surface area contributed by atoms with E-state index >= 15 is 0 Å². The lowest BCUT2D eigenvalue weighted by Gasteiger charge is -2.18. The molecule has 5 aromatic rings. The maximum absolute atomic E-state index is 13.6. The molecule has 0 bridgehead atoms. The first-order valence-corrected chi connectivity index (χ1v) is 14.3. The minimum absolute atomic E-state index is 0.191. The van der Waals surface area contributed by atoms with Gasteiger partial charge in [0, 0.05) is 22.8 Å². The SMILES string of the molecule is COC(=O)[C@H](CCCCNC(=O)OCc1ccccc1)NC(=O)c1cc2ccccc2n1Cc1ccc2ccccc2n1. The zero-order valence-electron chi connectivity index (χ0n) is 24.0. The Morgan fingerprint density at radius 2 is 1.60 bits per heavy atom. The van der Waals surface area contributed by atoms with E-state index in [9.17, 15) is 14.4 Å². The number of rotatable bonds is 12. The average Bonchev–Trinajstić information content (AvgIpc) is 3.41. The highest BCUT2D eigenvalue weighted by atomic mass is 16.5. The molecule has 43 heavy (non-hydrogen) atoms. The van der Waals surface area contributed by atoms with Crippen molar-refractivity contribution in [3.63, 3.8) is 0 Å². The van der Waals surface area contributed by atoms with Gasteiger partial charge in [-0.25, -0.2) is 9.59 Å². The van der Waals surface area contributed by atoms with Gasteiger partial charge in [0.05, 0.1) is 24.9 Å². The van der Waals surface area contributed by atoms with Crippen molar-refractivity contribution < 1.29 is 23.9 Å². The van der Waals surface area contributed by atoms with Crippen LogP contribution in [0.25, 0.3) is 21.8 Å². The number of aromatic nitrogens is 2. The van der Waals surface area contributed by atoms with Crippen molar-refractivity contribution in [1.29, 1.82) is 0 Å². The Balaban J connectivity index is 1.21. The van der Waals surface area contributed by atoms with E-state index in [1.54, 1.807) is 0 Å². The fraction of sp³-hybridized carbons (Fsp3) is 0.235.